The molecule has 3 N–H and O–H groups in total. The van der Waals surface area contributed by atoms with Crippen LogP contribution < -0.4 is 11.1 Å². The van der Waals surface area contributed by atoms with Gasteiger partial charge < -0.3 is 16.0 Å². The number of hydrogen-bond donors (Lipinski definition) is 2. The molecule has 19 heavy (non-hydrogen) atoms. The van der Waals surface area contributed by atoms with Gasteiger partial charge in [-0.05, 0) is 5.56 Å². The molecule has 0 aromatic heterocycles. The number of halogens is 1. The molecular formula is C13H18ClN3O2. The zero-order valence-electron chi connectivity index (χ0n) is 10.5. The maximum absolute atomic E-state index is 12.0. The summed E-state index contributed by atoms with van der Waals surface area (Å²) in [5.41, 5.74) is 6.93. The molecule has 1 aromatic rings. The first-order valence-electron chi connectivity index (χ1n) is 6.02. The Morgan fingerprint density at radius 3 is 2.68 bits per heavy atom. The maximum atomic E-state index is 12.0. The quantitative estimate of drug-likeness (QED) is 0.846. The zero-order valence-corrected chi connectivity index (χ0v) is 11.4. The van der Waals surface area contributed by atoms with Crippen LogP contribution in [-0.2, 0) is 9.59 Å². The minimum absolute atomic E-state index is 0. The molecule has 1 fully saturated rings. The van der Waals surface area contributed by atoms with Crippen LogP contribution in [-0.4, -0.2) is 36.3 Å². The van der Waals surface area contributed by atoms with Gasteiger partial charge in [0.25, 0.3) is 0 Å². The van der Waals surface area contributed by atoms with Crippen LogP contribution in [0.4, 0.5) is 0 Å². The standard InChI is InChI=1S/C13H17N3O2.ClH/c14-11(10-4-2-1-3-5-10)8-13(18)16-7-6-15-12(17)9-16;/h1-5,11H,6-9,14H2,(H,15,17);1H. The Kier molecular flexibility index (Phi) is 5.79. The van der Waals surface area contributed by atoms with E-state index in [1.807, 2.05) is 30.3 Å². The maximum Gasteiger partial charge on any atom is 0.239 e. The molecule has 1 heterocycles. The van der Waals surface area contributed by atoms with E-state index in [2.05, 4.69) is 5.32 Å². The molecule has 0 aliphatic carbocycles. The molecule has 0 spiro atoms. The third kappa shape index (κ3) is 4.22. The summed E-state index contributed by atoms with van der Waals surface area (Å²) in [7, 11) is 0. The normalized spacial score (nSPS) is 16.3. The van der Waals surface area contributed by atoms with Crippen LogP contribution in [0.2, 0.25) is 0 Å². The van der Waals surface area contributed by atoms with Crippen LogP contribution in [0.25, 0.3) is 0 Å². The molecule has 5 nitrogen and oxygen atoms in total. The fourth-order valence-corrected chi connectivity index (χ4v) is 1.99. The fourth-order valence-electron chi connectivity index (χ4n) is 1.99. The molecule has 1 aliphatic rings. The number of piperazine rings is 1. The largest absolute Gasteiger partial charge is 0.353 e. The number of benzene rings is 1. The summed E-state index contributed by atoms with van der Waals surface area (Å²) in [6, 6.07) is 9.19. The van der Waals surface area contributed by atoms with E-state index in [1.165, 1.54) is 0 Å². The molecule has 0 radical (unpaired) electrons. The van der Waals surface area contributed by atoms with Gasteiger partial charge in [0.05, 0.1) is 6.54 Å². The van der Waals surface area contributed by atoms with Crippen LogP contribution >= 0.6 is 12.4 Å². The number of nitrogens with one attached hydrogen (secondary N) is 1. The van der Waals surface area contributed by atoms with Gasteiger partial charge in [-0.15, -0.1) is 12.4 Å². The fraction of sp³-hybridized carbons (Fsp3) is 0.385. The van der Waals surface area contributed by atoms with Crippen molar-refractivity contribution in [3.8, 4) is 0 Å². The first kappa shape index (κ1) is 15.5. The van der Waals surface area contributed by atoms with E-state index in [1.54, 1.807) is 4.90 Å². The van der Waals surface area contributed by atoms with Crippen molar-refractivity contribution in [1.82, 2.24) is 10.2 Å². The highest BCUT2D eigenvalue weighted by Gasteiger charge is 2.22. The van der Waals surface area contributed by atoms with Gasteiger partial charge in [-0.1, -0.05) is 30.3 Å². The number of hydrogen-bond acceptors (Lipinski definition) is 3. The molecular weight excluding hydrogens is 266 g/mol. The number of rotatable bonds is 3. The highest BCUT2D eigenvalue weighted by Crippen LogP contribution is 2.14. The van der Waals surface area contributed by atoms with Crippen LogP contribution in [0.3, 0.4) is 0 Å². The van der Waals surface area contributed by atoms with E-state index >= 15 is 0 Å². The third-order valence-corrected chi connectivity index (χ3v) is 3.01. The van der Waals surface area contributed by atoms with Gasteiger partial charge in [-0.25, -0.2) is 0 Å². The average molecular weight is 284 g/mol. The lowest BCUT2D eigenvalue weighted by molar-refractivity contribution is -0.138. The Balaban J connectivity index is 0.00000180. The van der Waals surface area contributed by atoms with Crippen molar-refractivity contribution in [2.24, 2.45) is 5.73 Å². The molecule has 0 bridgehead atoms. The Labute approximate surface area is 118 Å². The van der Waals surface area contributed by atoms with Gasteiger partial charge in [0, 0.05) is 25.6 Å². The SMILES string of the molecule is Cl.NC(CC(=O)N1CCNC(=O)C1)c1ccccc1. The van der Waals surface area contributed by atoms with Gasteiger partial charge >= 0.3 is 0 Å². The lowest BCUT2D eigenvalue weighted by atomic mass is 10.0. The summed E-state index contributed by atoms with van der Waals surface area (Å²) >= 11 is 0. The second-order valence-corrected chi connectivity index (χ2v) is 4.39. The van der Waals surface area contributed by atoms with Crippen molar-refractivity contribution >= 4 is 24.2 Å². The molecule has 2 amide bonds. The summed E-state index contributed by atoms with van der Waals surface area (Å²) in [6.45, 7) is 1.22. The Hall–Kier alpha value is -1.59. The van der Waals surface area contributed by atoms with Crippen molar-refractivity contribution in [1.29, 1.82) is 0 Å². The Morgan fingerprint density at radius 2 is 2.05 bits per heavy atom. The van der Waals surface area contributed by atoms with Crippen LogP contribution in [0.1, 0.15) is 18.0 Å². The second kappa shape index (κ2) is 7.11. The molecule has 1 aromatic carbocycles. The molecule has 2 rings (SSSR count). The lowest BCUT2D eigenvalue weighted by Crippen LogP contribution is -2.50. The van der Waals surface area contributed by atoms with Crippen molar-refractivity contribution in [2.75, 3.05) is 19.6 Å². The number of nitrogens with zero attached hydrogens (tertiary/aromatic N) is 1. The predicted octanol–water partition coefficient (Wildman–Crippen LogP) is 0.457. The van der Waals surface area contributed by atoms with Gasteiger partial charge in [0.2, 0.25) is 11.8 Å². The number of carbonyl (C=O) groups excluding carboxylic acids is 2. The molecule has 6 heteroatoms. The Bertz CT molecular complexity index is 439. The van der Waals surface area contributed by atoms with Crippen LogP contribution in [0.15, 0.2) is 30.3 Å². The minimum atomic E-state index is -0.316. The van der Waals surface area contributed by atoms with E-state index in [-0.39, 0.29) is 43.2 Å². The molecule has 0 saturated carbocycles. The van der Waals surface area contributed by atoms with E-state index in [9.17, 15) is 9.59 Å². The summed E-state index contributed by atoms with van der Waals surface area (Å²) in [4.78, 5) is 24.7. The topological polar surface area (TPSA) is 75.4 Å². The second-order valence-electron chi connectivity index (χ2n) is 4.39. The number of nitrogens with two attached hydrogens (primary N) is 1. The molecule has 1 atom stereocenters. The van der Waals surface area contributed by atoms with E-state index in [4.69, 9.17) is 5.73 Å². The third-order valence-electron chi connectivity index (χ3n) is 3.01. The van der Waals surface area contributed by atoms with Gasteiger partial charge in [-0.3, -0.25) is 9.59 Å². The predicted molar refractivity (Wildman–Crippen MR) is 74.8 cm³/mol. The van der Waals surface area contributed by atoms with E-state index in [0.717, 1.165) is 5.56 Å². The van der Waals surface area contributed by atoms with E-state index in [0.29, 0.717) is 13.1 Å². The molecule has 1 saturated heterocycles. The number of amides is 2. The monoisotopic (exact) mass is 283 g/mol. The summed E-state index contributed by atoms with van der Waals surface area (Å²) in [5, 5.41) is 2.69. The zero-order chi connectivity index (χ0) is 13.0. The van der Waals surface area contributed by atoms with Gasteiger partial charge in [0.1, 0.15) is 0 Å². The van der Waals surface area contributed by atoms with Crippen LogP contribution in [0.5, 0.6) is 0 Å². The first-order valence-corrected chi connectivity index (χ1v) is 6.02. The van der Waals surface area contributed by atoms with Crippen molar-refractivity contribution < 1.29 is 9.59 Å². The van der Waals surface area contributed by atoms with Crippen molar-refractivity contribution in [3.05, 3.63) is 35.9 Å². The molecule has 104 valence electrons. The summed E-state index contributed by atoms with van der Waals surface area (Å²) in [5.74, 6) is -0.177. The van der Waals surface area contributed by atoms with E-state index < -0.39 is 0 Å². The van der Waals surface area contributed by atoms with Gasteiger partial charge in [-0.2, -0.15) is 0 Å². The van der Waals surface area contributed by atoms with Crippen molar-refractivity contribution in [2.45, 2.75) is 12.5 Å². The first-order chi connectivity index (χ1) is 8.66. The summed E-state index contributed by atoms with van der Waals surface area (Å²) in [6.07, 6.45) is 0.233. The highest BCUT2D eigenvalue weighted by molar-refractivity contribution is 5.86. The smallest absolute Gasteiger partial charge is 0.239 e. The molecule has 1 unspecified atom stereocenters. The summed E-state index contributed by atoms with van der Waals surface area (Å²) < 4.78 is 0. The van der Waals surface area contributed by atoms with Gasteiger partial charge in [0.15, 0.2) is 0 Å². The Morgan fingerprint density at radius 1 is 1.37 bits per heavy atom. The minimum Gasteiger partial charge on any atom is -0.353 e. The lowest BCUT2D eigenvalue weighted by Gasteiger charge is -2.27. The van der Waals surface area contributed by atoms with Crippen molar-refractivity contribution in [3.63, 3.8) is 0 Å². The number of carbonyl (C=O) groups is 2. The highest BCUT2D eigenvalue weighted by atomic mass is 35.5. The average Bonchev–Trinajstić information content (AvgIpc) is 2.39. The van der Waals surface area contributed by atoms with Crippen LogP contribution in [0, 0.1) is 0 Å². The molecule has 1 aliphatic heterocycles.